The molecule has 0 spiro atoms. The number of primary amides is 1. The first-order valence-electron chi connectivity index (χ1n) is 4.97. The second kappa shape index (κ2) is 4.91. The van der Waals surface area contributed by atoms with Crippen LogP contribution in [0.1, 0.15) is 25.7 Å². The quantitative estimate of drug-likeness (QED) is 0.529. The lowest BCUT2D eigenvalue weighted by atomic mass is 9.80. The van der Waals surface area contributed by atoms with E-state index in [-0.39, 0.29) is 17.8 Å². The molecule has 0 aromatic rings. The molecule has 0 saturated heterocycles. The van der Waals surface area contributed by atoms with Crippen molar-refractivity contribution in [3.63, 3.8) is 0 Å². The van der Waals surface area contributed by atoms with Gasteiger partial charge in [0.1, 0.15) is 0 Å². The number of carbonyl (C=O) groups excluding carboxylic acids is 3. The van der Waals surface area contributed by atoms with Crippen LogP contribution in [0.25, 0.3) is 0 Å². The lowest BCUT2D eigenvalue weighted by molar-refractivity contribution is -0.148. The van der Waals surface area contributed by atoms with Crippen LogP contribution in [-0.4, -0.2) is 24.8 Å². The smallest absolute Gasteiger partial charge is 0.308 e. The van der Waals surface area contributed by atoms with Crippen molar-refractivity contribution >= 4 is 17.7 Å². The average Bonchev–Trinajstić information content (AvgIpc) is 2.27. The molecule has 1 aliphatic carbocycles. The molecule has 1 aliphatic rings. The first-order valence-corrected chi connectivity index (χ1v) is 4.97. The van der Waals surface area contributed by atoms with Crippen molar-refractivity contribution in [2.45, 2.75) is 25.7 Å². The molecule has 0 aliphatic heterocycles. The summed E-state index contributed by atoms with van der Waals surface area (Å²) in [4.78, 5) is 33.1. The van der Waals surface area contributed by atoms with Crippen LogP contribution in [0.3, 0.4) is 0 Å². The molecular formula is C10H15NO4. The molecule has 0 unspecified atom stereocenters. The van der Waals surface area contributed by atoms with Gasteiger partial charge in [-0.15, -0.1) is 0 Å². The Morgan fingerprint density at radius 2 is 1.53 bits per heavy atom. The van der Waals surface area contributed by atoms with Crippen LogP contribution in [0.4, 0.5) is 0 Å². The normalized spacial score (nSPS) is 25.7. The molecule has 1 rings (SSSR count). The second-order valence-electron chi connectivity index (χ2n) is 3.80. The highest BCUT2D eigenvalue weighted by Gasteiger charge is 2.32. The number of nitrogens with two attached hydrogens (primary N) is 1. The molecular weight excluding hydrogens is 198 g/mol. The highest BCUT2D eigenvalue weighted by atomic mass is 16.5. The number of hydrogen-bond acceptors (Lipinski definition) is 4. The van der Waals surface area contributed by atoms with Gasteiger partial charge in [-0.25, -0.2) is 0 Å². The lowest BCUT2D eigenvalue weighted by Gasteiger charge is -2.24. The van der Waals surface area contributed by atoms with Crippen molar-refractivity contribution in [1.29, 1.82) is 0 Å². The fourth-order valence-corrected chi connectivity index (χ4v) is 1.96. The maximum absolute atomic E-state index is 11.3. The van der Waals surface area contributed by atoms with Crippen LogP contribution in [-0.2, 0) is 19.1 Å². The van der Waals surface area contributed by atoms with Crippen molar-refractivity contribution in [1.82, 2.24) is 0 Å². The van der Waals surface area contributed by atoms with Gasteiger partial charge in [-0.05, 0) is 25.7 Å². The Kier molecular flexibility index (Phi) is 3.82. The number of hydrogen-bond donors (Lipinski definition) is 1. The van der Waals surface area contributed by atoms with E-state index >= 15 is 0 Å². The van der Waals surface area contributed by atoms with Gasteiger partial charge in [0.05, 0.1) is 13.0 Å². The zero-order chi connectivity index (χ0) is 11.4. The monoisotopic (exact) mass is 213 g/mol. The molecule has 2 N–H and O–H groups in total. The van der Waals surface area contributed by atoms with E-state index in [1.165, 1.54) is 7.11 Å². The van der Waals surface area contributed by atoms with Crippen LogP contribution < -0.4 is 5.73 Å². The largest absolute Gasteiger partial charge is 0.469 e. The van der Waals surface area contributed by atoms with E-state index in [9.17, 15) is 14.4 Å². The summed E-state index contributed by atoms with van der Waals surface area (Å²) >= 11 is 0. The first-order chi connectivity index (χ1) is 7.06. The number of methoxy groups -OCH3 is 1. The molecule has 5 heteroatoms. The molecule has 5 nitrogen and oxygen atoms in total. The molecule has 0 atom stereocenters. The summed E-state index contributed by atoms with van der Waals surface area (Å²) < 4.78 is 4.62. The number of carbonyl (C=O) groups is 3. The van der Waals surface area contributed by atoms with Crippen molar-refractivity contribution in [2.75, 3.05) is 7.11 Å². The van der Waals surface area contributed by atoms with E-state index in [0.717, 1.165) is 0 Å². The van der Waals surface area contributed by atoms with E-state index in [0.29, 0.717) is 25.7 Å². The van der Waals surface area contributed by atoms with Gasteiger partial charge >= 0.3 is 5.97 Å². The number of ketones is 1. The third-order valence-electron chi connectivity index (χ3n) is 2.88. The molecule has 1 saturated carbocycles. The third kappa shape index (κ3) is 2.78. The highest BCUT2D eigenvalue weighted by Crippen LogP contribution is 2.29. The zero-order valence-corrected chi connectivity index (χ0v) is 8.69. The highest BCUT2D eigenvalue weighted by molar-refractivity contribution is 6.36. The fraction of sp³-hybridized carbons (Fsp3) is 0.700. The summed E-state index contributed by atoms with van der Waals surface area (Å²) in [5.74, 6) is -2.06. The van der Waals surface area contributed by atoms with Crippen molar-refractivity contribution in [3.8, 4) is 0 Å². The van der Waals surface area contributed by atoms with Gasteiger partial charge in [-0.1, -0.05) is 0 Å². The topological polar surface area (TPSA) is 86.5 Å². The van der Waals surface area contributed by atoms with Crippen molar-refractivity contribution in [3.05, 3.63) is 0 Å². The van der Waals surface area contributed by atoms with Crippen LogP contribution in [0.5, 0.6) is 0 Å². The summed E-state index contributed by atoms with van der Waals surface area (Å²) in [5.41, 5.74) is 4.91. The molecule has 0 aromatic heterocycles. The van der Waals surface area contributed by atoms with E-state index in [1.807, 2.05) is 0 Å². The number of esters is 1. The lowest BCUT2D eigenvalue weighted by Crippen LogP contribution is -2.34. The zero-order valence-electron chi connectivity index (χ0n) is 8.69. The molecule has 1 fully saturated rings. The molecule has 0 radical (unpaired) electrons. The minimum atomic E-state index is -0.878. The van der Waals surface area contributed by atoms with Gasteiger partial charge in [0, 0.05) is 5.92 Å². The Bertz CT molecular complexity index is 279. The van der Waals surface area contributed by atoms with Crippen LogP contribution in [0.15, 0.2) is 0 Å². The van der Waals surface area contributed by atoms with Crippen LogP contribution in [0, 0.1) is 11.8 Å². The summed E-state index contributed by atoms with van der Waals surface area (Å²) in [7, 11) is 1.35. The van der Waals surface area contributed by atoms with Crippen molar-refractivity contribution in [2.24, 2.45) is 17.6 Å². The minimum absolute atomic E-state index is 0.132. The Morgan fingerprint density at radius 3 is 1.93 bits per heavy atom. The predicted molar refractivity (Wildman–Crippen MR) is 51.7 cm³/mol. The maximum Gasteiger partial charge on any atom is 0.308 e. The summed E-state index contributed by atoms with van der Waals surface area (Å²) in [6.07, 6.45) is 2.27. The number of ether oxygens (including phenoxy) is 1. The van der Waals surface area contributed by atoms with E-state index in [4.69, 9.17) is 5.73 Å². The Morgan fingerprint density at radius 1 is 1.07 bits per heavy atom. The maximum atomic E-state index is 11.3. The second-order valence-corrected chi connectivity index (χ2v) is 3.80. The van der Waals surface area contributed by atoms with Gasteiger partial charge in [0.25, 0.3) is 5.91 Å². The fourth-order valence-electron chi connectivity index (χ4n) is 1.96. The Labute approximate surface area is 88.0 Å². The summed E-state index contributed by atoms with van der Waals surface area (Å²) in [5, 5.41) is 0. The average molecular weight is 213 g/mol. The first kappa shape index (κ1) is 11.7. The van der Waals surface area contributed by atoms with Gasteiger partial charge in [-0.3, -0.25) is 14.4 Å². The number of Topliss-reactive ketones (excluding diaryl/α,β-unsaturated/α-hetero) is 1. The minimum Gasteiger partial charge on any atom is -0.469 e. The summed E-state index contributed by atoms with van der Waals surface area (Å²) in [6, 6.07) is 0. The van der Waals surface area contributed by atoms with E-state index in [1.54, 1.807) is 0 Å². The van der Waals surface area contributed by atoms with Crippen LogP contribution >= 0.6 is 0 Å². The number of rotatable bonds is 3. The number of amides is 1. The van der Waals surface area contributed by atoms with Gasteiger partial charge in [-0.2, -0.15) is 0 Å². The standard InChI is InChI=1S/C10H15NO4/c1-15-10(14)7-4-2-6(3-5-7)8(12)9(11)13/h6-7H,2-5H2,1H3,(H2,11,13). The molecule has 84 valence electrons. The third-order valence-corrected chi connectivity index (χ3v) is 2.88. The van der Waals surface area contributed by atoms with E-state index < -0.39 is 11.7 Å². The van der Waals surface area contributed by atoms with Gasteiger partial charge in [0.2, 0.25) is 5.78 Å². The molecule has 15 heavy (non-hydrogen) atoms. The Balaban J connectivity index is 2.46. The molecule has 0 bridgehead atoms. The van der Waals surface area contributed by atoms with Crippen molar-refractivity contribution < 1.29 is 19.1 Å². The molecule has 0 heterocycles. The molecule has 1 amide bonds. The summed E-state index contributed by atoms with van der Waals surface area (Å²) in [6.45, 7) is 0. The van der Waals surface area contributed by atoms with Gasteiger partial charge in [0.15, 0.2) is 0 Å². The Hall–Kier alpha value is -1.39. The SMILES string of the molecule is COC(=O)C1CCC(C(=O)C(N)=O)CC1. The molecule has 0 aromatic carbocycles. The van der Waals surface area contributed by atoms with Crippen LogP contribution in [0.2, 0.25) is 0 Å². The van der Waals surface area contributed by atoms with E-state index in [2.05, 4.69) is 4.74 Å². The van der Waals surface area contributed by atoms with Gasteiger partial charge < -0.3 is 10.5 Å². The predicted octanol–water partition coefficient (Wildman–Crippen LogP) is 0.0202.